The Morgan fingerprint density at radius 3 is 2.65 bits per heavy atom. The van der Waals surface area contributed by atoms with Gasteiger partial charge in [-0.3, -0.25) is 9.59 Å². The van der Waals surface area contributed by atoms with Crippen molar-refractivity contribution in [3.05, 3.63) is 59.0 Å². The van der Waals surface area contributed by atoms with E-state index in [1.54, 1.807) is 48.5 Å². The van der Waals surface area contributed by atoms with Crippen molar-refractivity contribution in [2.24, 2.45) is 0 Å². The van der Waals surface area contributed by atoms with Crippen LogP contribution in [0.1, 0.15) is 5.56 Å². The summed E-state index contributed by atoms with van der Waals surface area (Å²) in [6.45, 7) is 0. The fraction of sp³-hybridized carbons (Fsp3) is 0.0588. The monoisotopic (exact) mass is 327 g/mol. The molecule has 1 heterocycles. The Hall–Kier alpha value is -2.73. The second-order valence-corrected chi connectivity index (χ2v) is 5.81. The summed E-state index contributed by atoms with van der Waals surface area (Å²) in [5.41, 5.74) is 1.12. The molecule has 1 N–H and O–H groups in total. The summed E-state index contributed by atoms with van der Waals surface area (Å²) in [5.74, 6) is 0.279. The van der Waals surface area contributed by atoms with Crippen LogP contribution in [0.5, 0.6) is 11.5 Å². The summed E-state index contributed by atoms with van der Waals surface area (Å²) in [6.07, 6.45) is 1.59. The molecule has 0 radical (unpaired) electrons. The fourth-order valence-corrected chi connectivity index (χ4v) is 3.05. The maximum absolute atomic E-state index is 12.5. The molecule has 5 nitrogen and oxygen atoms in total. The zero-order valence-corrected chi connectivity index (χ0v) is 13.0. The molecular formula is C17H13NO4S. The SMILES string of the molecule is COc1cccc(N2C(=O)S/C(=C\c3cccc(O)c3)C2=O)c1. The number of ether oxygens (including phenoxy) is 1. The predicted octanol–water partition coefficient (Wildman–Crippen LogP) is 3.64. The number of imide groups is 1. The quantitative estimate of drug-likeness (QED) is 0.872. The van der Waals surface area contributed by atoms with Crippen LogP contribution in [0, 0.1) is 0 Å². The predicted molar refractivity (Wildman–Crippen MR) is 89.6 cm³/mol. The van der Waals surface area contributed by atoms with Gasteiger partial charge >= 0.3 is 0 Å². The van der Waals surface area contributed by atoms with Crippen LogP contribution in [-0.2, 0) is 4.79 Å². The number of thioether (sulfide) groups is 1. The van der Waals surface area contributed by atoms with Crippen LogP contribution in [0.2, 0.25) is 0 Å². The third kappa shape index (κ3) is 3.07. The third-order valence-corrected chi connectivity index (χ3v) is 4.14. The Morgan fingerprint density at radius 2 is 1.91 bits per heavy atom. The van der Waals surface area contributed by atoms with E-state index >= 15 is 0 Å². The van der Waals surface area contributed by atoms with Crippen LogP contribution in [0.4, 0.5) is 10.5 Å². The van der Waals surface area contributed by atoms with Gasteiger partial charge in [0.2, 0.25) is 0 Å². The lowest BCUT2D eigenvalue weighted by Crippen LogP contribution is -2.27. The van der Waals surface area contributed by atoms with Crippen LogP contribution in [0.25, 0.3) is 6.08 Å². The number of hydrogen-bond acceptors (Lipinski definition) is 5. The van der Waals surface area contributed by atoms with Crippen LogP contribution in [0.15, 0.2) is 53.4 Å². The molecule has 2 amide bonds. The molecule has 2 aromatic carbocycles. The largest absolute Gasteiger partial charge is 0.508 e. The minimum atomic E-state index is -0.392. The first-order chi connectivity index (χ1) is 11.1. The van der Waals surface area contributed by atoms with E-state index < -0.39 is 5.91 Å². The van der Waals surface area contributed by atoms with Crippen molar-refractivity contribution in [1.29, 1.82) is 0 Å². The van der Waals surface area contributed by atoms with Crippen LogP contribution in [-0.4, -0.2) is 23.4 Å². The Labute approximate surface area is 137 Å². The number of hydrogen-bond donors (Lipinski definition) is 1. The van der Waals surface area contributed by atoms with E-state index in [0.29, 0.717) is 21.9 Å². The van der Waals surface area contributed by atoms with E-state index in [0.717, 1.165) is 16.7 Å². The Balaban J connectivity index is 1.93. The Kier molecular flexibility index (Phi) is 4.08. The first kappa shape index (κ1) is 15.2. The minimum Gasteiger partial charge on any atom is -0.508 e. The lowest BCUT2D eigenvalue weighted by Gasteiger charge is -2.13. The van der Waals surface area contributed by atoms with E-state index in [4.69, 9.17) is 4.74 Å². The number of amides is 2. The third-order valence-electron chi connectivity index (χ3n) is 3.27. The highest BCUT2D eigenvalue weighted by atomic mass is 32.2. The maximum Gasteiger partial charge on any atom is 0.298 e. The molecule has 3 rings (SSSR count). The molecule has 0 unspecified atom stereocenters. The average Bonchev–Trinajstić information content (AvgIpc) is 2.81. The van der Waals surface area contributed by atoms with Crippen molar-refractivity contribution in [2.45, 2.75) is 0 Å². The van der Waals surface area contributed by atoms with Crippen LogP contribution < -0.4 is 9.64 Å². The Morgan fingerprint density at radius 1 is 1.13 bits per heavy atom. The molecule has 0 aliphatic carbocycles. The van der Waals surface area contributed by atoms with Gasteiger partial charge in [0.1, 0.15) is 11.5 Å². The second-order valence-electron chi connectivity index (χ2n) is 4.81. The highest BCUT2D eigenvalue weighted by molar-refractivity contribution is 8.19. The lowest BCUT2D eigenvalue weighted by atomic mass is 10.2. The number of methoxy groups -OCH3 is 1. The number of benzene rings is 2. The molecular weight excluding hydrogens is 314 g/mol. The zero-order chi connectivity index (χ0) is 16.4. The second kappa shape index (κ2) is 6.18. The summed E-state index contributed by atoms with van der Waals surface area (Å²) in [4.78, 5) is 26.1. The number of nitrogens with zero attached hydrogens (tertiary/aromatic N) is 1. The highest BCUT2D eigenvalue weighted by Gasteiger charge is 2.36. The van der Waals surface area contributed by atoms with Gasteiger partial charge in [-0.05, 0) is 47.7 Å². The summed E-state index contributed by atoms with van der Waals surface area (Å²) >= 11 is 0.867. The first-order valence-corrected chi connectivity index (χ1v) is 7.61. The number of rotatable bonds is 3. The van der Waals surface area contributed by atoms with E-state index in [2.05, 4.69) is 0 Å². The first-order valence-electron chi connectivity index (χ1n) is 6.79. The van der Waals surface area contributed by atoms with E-state index in [1.807, 2.05) is 0 Å². The van der Waals surface area contributed by atoms with Gasteiger partial charge in [0.05, 0.1) is 17.7 Å². The van der Waals surface area contributed by atoms with Crippen molar-refractivity contribution in [3.8, 4) is 11.5 Å². The highest BCUT2D eigenvalue weighted by Crippen LogP contribution is 2.36. The van der Waals surface area contributed by atoms with Gasteiger partial charge in [0.15, 0.2) is 0 Å². The van der Waals surface area contributed by atoms with Gasteiger partial charge < -0.3 is 9.84 Å². The summed E-state index contributed by atoms with van der Waals surface area (Å²) < 4.78 is 5.12. The molecule has 116 valence electrons. The van der Waals surface area contributed by atoms with Gasteiger partial charge in [-0.25, -0.2) is 4.90 Å². The summed E-state index contributed by atoms with van der Waals surface area (Å²) in [7, 11) is 1.52. The van der Waals surface area contributed by atoms with Gasteiger partial charge in [-0.2, -0.15) is 0 Å². The van der Waals surface area contributed by atoms with Crippen molar-refractivity contribution in [1.82, 2.24) is 0 Å². The van der Waals surface area contributed by atoms with Gasteiger partial charge in [-0.1, -0.05) is 18.2 Å². The molecule has 0 atom stereocenters. The maximum atomic E-state index is 12.5. The number of carbonyl (C=O) groups excluding carboxylic acids is 2. The van der Waals surface area contributed by atoms with Crippen molar-refractivity contribution in [2.75, 3.05) is 12.0 Å². The minimum absolute atomic E-state index is 0.103. The van der Waals surface area contributed by atoms with E-state index in [-0.39, 0.29) is 11.0 Å². The van der Waals surface area contributed by atoms with Crippen LogP contribution >= 0.6 is 11.8 Å². The van der Waals surface area contributed by atoms with Crippen molar-refractivity contribution < 1.29 is 19.4 Å². The van der Waals surface area contributed by atoms with Gasteiger partial charge in [-0.15, -0.1) is 0 Å². The Bertz CT molecular complexity index is 816. The van der Waals surface area contributed by atoms with Gasteiger partial charge in [0.25, 0.3) is 11.1 Å². The molecule has 2 aromatic rings. The van der Waals surface area contributed by atoms with Crippen LogP contribution in [0.3, 0.4) is 0 Å². The van der Waals surface area contributed by atoms with Gasteiger partial charge in [0, 0.05) is 6.07 Å². The lowest BCUT2D eigenvalue weighted by molar-refractivity contribution is -0.113. The molecule has 1 aliphatic heterocycles. The molecule has 1 fully saturated rings. The number of aromatic hydroxyl groups is 1. The zero-order valence-electron chi connectivity index (χ0n) is 12.2. The van der Waals surface area contributed by atoms with E-state index in [1.165, 1.54) is 13.2 Å². The fourth-order valence-electron chi connectivity index (χ4n) is 2.21. The standard InChI is InChI=1S/C17H13NO4S/c1-22-14-7-3-5-12(10-14)18-16(20)15(23-17(18)21)9-11-4-2-6-13(19)8-11/h2-10,19H,1H3/b15-9-. The molecule has 0 saturated carbocycles. The van der Waals surface area contributed by atoms with E-state index in [9.17, 15) is 14.7 Å². The number of anilines is 1. The molecule has 1 saturated heterocycles. The molecule has 0 spiro atoms. The number of carbonyl (C=O) groups is 2. The normalized spacial score (nSPS) is 16.2. The summed E-state index contributed by atoms with van der Waals surface area (Å²) in [6, 6.07) is 13.3. The molecule has 6 heteroatoms. The summed E-state index contributed by atoms with van der Waals surface area (Å²) in [5, 5.41) is 9.11. The molecule has 23 heavy (non-hydrogen) atoms. The number of phenolic OH excluding ortho intramolecular Hbond substituents is 1. The number of phenols is 1. The molecule has 0 bridgehead atoms. The average molecular weight is 327 g/mol. The van der Waals surface area contributed by atoms with Crippen molar-refractivity contribution >= 4 is 34.7 Å². The smallest absolute Gasteiger partial charge is 0.298 e. The molecule has 1 aliphatic rings. The van der Waals surface area contributed by atoms with Crippen molar-refractivity contribution in [3.63, 3.8) is 0 Å². The topological polar surface area (TPSA) is 66.8 Å². The molecule has 0 aromatic heterocycles.